The van der Waals surface area contributed by atoms with Gasteiger partial charge in [0.05, 0.1) is 5.69 Å². The highest BCUT2D eigenvalue weighted by molar-refractivity contribution is 5.78. The Kier molecular flexibility index (Phi) is 6.06. The quantitative estimate of drug-likeness (QED) is 0.628. The number of amides is 1. The van der Waals surface area contributed by atoms with Crippen LogP contribution in [0.2, 0.25) is 0 Å². The summed E-state index contributed by atoms with van der Waals surface area (Å²) in [4.78, 5) is 16.1. The van der Waals surface area contributed by atoms with Crippen LogP contribution >= 0.6 is 0 Å². The molecule has 4 rings (SSSR count). The van der Waals surface area contributed by atoms with Crippen molar-refractivity contribution in [1.29, 1.82) is 0 Å². The number of hydrogen-bond donors (Lipinski definition) is 0. The van der Waals surface area contributed by atoms with E-state index in [1.54, 1.807) is 4.90 Å². The Morgan fingerprint density at radius 1 is 1.00 bits per heavy atom. The number of hydrogen-bond acceptors (Lipinski definition) is 5. The van der Waals surface area contributed by atoms with Crippen LogP contribution in [0.15, 0.2) is 54.6 Å². The number of nitrogens with zero attached hydrogens (tertiary/aromatic N) is 4. The molecule has 0 N–H and O–H groups in total. The number of anilines is 1. The zero-order valence-corrected chi connectivity index (χ0v) is 17.1. The molecule has 0 radical (unpaired) electrons. The van der Waals surface area contributed by atoms with Crippen LogP contribution in [0.3, 0.4) is 0 Å². The number of carbonyl (C=O) groups is 1. The van der Waals surface area contributed by atoms with Gasteiger partial charge in [-0.15, -0.1) is 10.2 Å². The van der Waals surface area contributed by atoms with E-state index in [2.05, 4.69) is 15.1 Å². The Hall–Kier alpha value is -3.55. The van der Waals surface area contributed by atoms with E-state index in [4.69, 9.17) is 4.74 Å². The Morgan fingerprint density at radius 2 is 1.77 bits per heavy atom. The second-order valence-electron chi connectivity index (χ2n) is 7.32. The van der Waals surface area contributed by atoms with Crippen LogP contribution < -0.4 is 9.64 Å². The predicted octanol–water partition coefficient (Wildman–Crippen LogP) is 3.46. The lowest BCUT2D eigenvalue weighted by Gasteiger charge is -2.35. The third-order valence-corrected chi connectivity index (χ3v) is 5.27. The molecule has 160 valence electrons. The topological polar surface area (TPSA) is 58.6 Å². The van der Waals surface area contributed by atoms with Gasteiger partial charge in [0.15, 0.2) is 24.0 Å². The van der Waals surface area contributed by atoms with Gasteiger partial charge in [0.1, 0.15) is 5.82 Å². The molecule has 31 heavy (non-hydrogen) atoms. The van der Waals surface area contributed by atoms with E-state index in [1.807, 2.05) is 43.3 Å². The molecule has 8 heteroatoms. The molecule has 0 unspecified atom stereocenters. The number of ether oxygens (including phenoxy) is 1. The molecule has 2 aromatic carbocycles. The third-order valence-electron chi connectivity index (χ3n) is 5.27. The van der Waals surface area contributed by atoms with Gasteiger partial charge in [0, 0.05) is 37.8 Å². The fraction of sp³-hybridized carbons (Fsp3) is 0.261. The summed E-state index contributed by atoms with van der Waals surface area (Å²) in [6.45, 7) is 3.94. The third kappa shape index (κ3) is 4.79. The summed E-state index contributed by atoms with van der Waals surface area (Å²) in [7, 11) is 0. The van der Waals surface area contributed by atoms with Gasteiger partial charge >= 0.3 is 0 Å². The number of carbonyl (C=O) groups excluding carboxylic acids is 1. The molecule has 6 nitrogen and oxygen atoms in total. The fourth-order valence-corrected chi connectivity index (χ4v) is 3.51. The molecule has 3 aromatic rings. The van der Waals surface area contributed by atoms with Gasteiger partial charge in [-0.05, 0) is 36.8 Å². The van der Waals surface area contributed by atoms with Crippen LogP contribution in [-0.2, 0) is 4.79 Å². The van der Waals surface area contributed by atoms with Crippen LogP contribution in [0.4, 0.5) is 14.6 Å². The first-order chi connectivity index (χ1) is 15.0. The molecule has 1 amide bonds. The van der Waals surface area contributed by atoms with Crippen LogP contribution in [0.25, 0.3) is 11.3 Å². The zero-order chi connectivity index (χ0) is 21.8. The average Bonchev–Trinajstić information content (AvgIpc) is 2.79. The Morgan fingerprint density at radius 3 is 2.45 bits per heavy atom. The molecular weight excluding hydrogens is 402 g/mol. The van der Waals surface area contributed by atoms with Crippen molar-refractivity contribution in [3.63, 3.8) is 0 Å². The minimum Gasteiger partial charge on any atom is -0.481 e. The number of benzene rings is 2. The van der Waals surface area contributed by atoms with Crippen molar-refractivity contribution in [2.24, 2.45) is 0 Å². The summed E-state index contributed by atoms with van der Waals surface area (Å²) in [5, 5.41) is 8.72. The van der Waals surface area contributed by atoms with E-state index in [9.17, 15) is 13.6 Å². The van der Waals surface area contributed by atoms with Crippen LogP contribution in [-0.4, -0.2) is 53.8 Å². The predicted molar refractivity (Wildman–Crippen MR) is 113 cm³/mol. The maximum atomic E-state index is 13.6. The first-order valence-corrected chi connectivity index (χ1v) is 10.0. The van der Waals surface area contributed by atoms with Crippen molar-refractivity contribution in [3.05, 3.63) is 71.8 Å². The first-order valence-electron chi connectivity index (χ1n) is 10.0. The van der Waals surface area contributed by atoms with Crippen LogP contribution in [0, 0.1) is 18.6 Å². The summed E-state index contributed by atoms with van der Waals surface area (Å²) >= 11 is 0. The molecule has 1 saturated heterocycles. The molecular formula is C23H22F2N4O2. The van der Waals surface area contributed by atoms with Crippen molar-refractivity contribution >= 4 is 11.7 Å². The maximum Gasteiger partial charge on any atom is 0.260 e. The van der Waals surface area contributed by atoms with E-state index in [0.717, 1.165) is 34.8 Å². The van der Waals surface area contributed by atoms with E-state index in [1.165, 1.54) is 6.07 Å². The first kappa shape index (κ1) is 20.7. The number of rotatable bonds is 5. The average molecular weight is 424 g/mol. The normalized spacial score (nSPS) is 13.9. The second-order valence-corrected chi connectivity index (χ2v) is 7.32. The summed E-state index contributed by atoms with van der Waals surface area (Å²) in [5.41, 5.74) is 3.01. The van der Waals surface area contributed by atoms with E-state index >= 15 is 0 Å². The summed E-state index contributed by atoms with van der Waals surface area (Å²) in [5.74, 6) is -1.15. The van der Waals surface area contributed by atoms with Gasteiger partial charge in [-0.25, -0.2) is 8.78 Å². The van der Waals surface area contributed by atoms with Gasteiger partial charge in [0.2, 0.25) is 0 Å². The van der Waals surface area contributed by atoms with Gasteiger partial charge in [0.25, 0.3) is 5.91 Å². The lowest BCUT2D eigenvalue weighted by molar-refractivity contribution is -0.133. The number of aromatic nitrogens is 2. The van der Waals surface area contributed by atoms with Crippen molar-refractivity contribution < 1.29 is 18.3 Å². The lowest BCUT2D eigenvalue weighted by atomic mass is 10.1. The van der Waals surface area contributed by atoms with Crippen molar-refractivity contribution in [2.75, 3.05) is 37.7 Å². The Labute approximate surface area is 179 Å². The summed E-state index contributed by atoms with van der Waals surface area (Å²) < 4.78 is 31.8. The standard InChI is InChI=1S/C23H22F2N4O2/c1-16-4-2-3-5-18(16)20-7-9-22(27-26-20)28-10-12-29(13-11-28)23(30)15-31-21-8-6-17(24)14-19(21)25/h2-9,14H,10-13,15H2,1H3. The fourth-order valence-electron chi connectivity index (χ4n) is 3.51. The Bertz CT molecular complexity index is 1070. The van der Waals surface area contributed by atoms with Crippen LogP contribution in [0.5, 0.6) is 5.75 Å². The molecule has 1 aromatic heterocycles. The van der Waals surface area contributed by atoms with Gasteiger partial charge in [-0.1, -0.05) is 24.3 Å². The van der Waals surface area contributed by atoms with E-state index in [-0.39, 0.29) is 18.3 Å². The summed E-state index contributed by atoms with van der Waals surface area (Å²) in [6, 6.07) is 14.9. The number of aryl methyl sites for hydroxylation is 1. The highest BCUT2D eigenvalue weighted by atomic mass is 19.1. The van der Waals surface area contributed by atoms with E-state index < -0.39 is 11.6 Å². The van der Waals surface area contributed by atoms with Gasteiger partial charge in [-0.3, -0.25) is 4.79 Å². The van der Waals surface area contributed by atoms with Gasteiger partial charge in [-0.2, -0.15) is 0 Å². The van der Waals surface area contributed by atoms with Gasteiger partial charge < -0.3 is 14.5 Å². The number of halogens is 2. The minimum atomic E-state index is -0.828. The molecule has 0 atom stereocenters. The van der Waals surface area contributed by atoms with Crippen molar-refractivity contribution in [2.45, 2.75) is 6.92 Å². The molecule has 1 aliphatic heterocycles. The molecule has 1 fully saturated rings. The van der Waals surface area contributed by atoms with Crippen molar-refractivity contribution in [3.8, 4) is 17.0 Å². The zero-order valence-electron chi connectivity index (χ0n) is 17.1. The molecule has 0 spiro atoms. The molecule has 0 aliphatic carbocycles. The molecule has 0 saturated carbocycles. The largest absolute Gasteiger partial charge is 0.481 e. The highest BCUT2D eigenvalue weighted by Crippen LogP contribution is 2.22. The molecule has 1 aliphatic rings. The monoisotopic (exact) mass is 424 g/mol. The lowest BCUT2D eigenvalue weighted by Crippen LogP contribution is -2.50. The SMILES string of the molecule is Cc1ccccc1-c1ccc(N2CCN(C(=O)COc3ccc(F)cc3F)CC2)nn1. The summed E-state index contributed by atoms with van der Waals surface area (Å²) in [6.07, 6.45) is 0. The smallest absolute Gasteiger partial charge is 0.260 e. The molecule has 2 heterocycles. The second kappa shape index (κ2) is 9.07. The Balaban J connectivity index is 1.31. The number of piperazine rings is 1. The van der Waals surface area contributed by atoms with E-state index in [0.29, 0.717) is 26.2 Å². The van der Waals surface area contributed by atoms with Crippen LogP contribution in [0.1, 0.15) is 5.56 Å². The minimum absolute atomic E-state index is 0.141. The maximum absolute atomic E-state index is 13.6. The molecule has 0 bridgehead atoms. The van der Waals surface area contributed by atoms with Crippen molar-refractivity contribution in [1.82, 2.24) is 15.1 Å². The highest BCUT2D eigenvalue weighted by Gasteiger charge is 2.23.